The highest BCUT2D eigenvalue weighted by atomic mass is 16.2. The maximum atomic E-state index is 12.6. The van der Waals surface area contributed by atoms with Gasteiger partial charge < -0.3 is 4.90 Å². The first-order valence-corrected chi connectivity index (χ1v) is 8.06. The number of hydrogen-bond donors (Lipinski definition) is 0. The standard InChI is InChI=1S/C20H21N3O/c1-4-22(13-15(2)3)20(24)16-9-11-17(12-10-16)23-14-21-18-7-5-6-8-19(18)23/h5-12,14H,2,4,13H2,1,3H3. The third kappa shape index (κ3) is 3.08. The third-order valence-corrected chi connectivity index (χ3v) is 3.98. The number of rotatable bonds is 5. The summed E-state index contributed by atoms with van der Waals surface area (Å²) in [6.07, 6.45) is 1.81. The molecule has 4 heteroatoms. The van der Waals surface area contributed by atoms with Crippen LogP contribution in [-0.4, -0.2) is 33.4 Å². The molecule has 0 unspecified atom stereocenters. The lowest BCUT2D eigenvalue weighted by molar-refractivity contribution is 0.0778. The summed E-state index contributed by atoms with van der Waals surface area (Å²) in [6.45, 7) is 9.06. The topological polar surface area (TPSA) is 38.1 Å². The first-order valence-electron chi connectivity index (χ1n) is 8.06. The smallest absolute Gasteiger partial charge is 0.254 e. The fourth-order valence-corrected chi connectivity index (χ4v) is 2.77. The number of para-hydroxylation sites is 2. The summed E-state index contributed by atoms with van der Waals surface area (Å²) in [5, 5.41) is 0. The van der Waals surface area contributed by atoms with Crippen LogP contribution in [0.25, 0.3) is 16.7 Å². The van der Waals surface area contributed by atoms with Gasteiger partial charge in [-0.25, -0.2) is 4.98 Å². The summed E-state index contributed by atoms with van der Waals surface area (Å²) in [5.41, 5.74) is 4.66. The van der Waals surface area contributed by atoms with Crippen molar-refractivity contribution in [1.82, 2.24) is 14.5 Å². The molecule has 1 heterocycles. The zero-order chi connectivity index (χ0) is 17.1. The lowest BCUT2D eigenvalue weighted by Crippen LogP contribution is -2.32. The minimum atomic E-state index is 0.0301. The van der Waals surface area contributed by atoms with Gasteiger partial charge in [-0.05, 0) is 50.2 Å². The van der Waals surface area contributed by atoms with E-state index in [-0.39, 0.29) is 5.91 Å². The number of hydrogen-bond acceptors (Lipinski definition) is 2. The van der Waals surface area contributed by atoms with E-state index in [9.17, 15) is 4.79 Å². The van der Waals surface area contributed by atoms with Gasteiger partial charge in [-0.15, -0.1) is 0 Å². The number of benzene rings is 2. The van der Waals surface area contributed by atoms with E-state index >= 15 is 0 Å². The minimum absolute atomic E-state index is 0.0301. The molecule has 3 aromatic rings. The summed E-state index contributed by atoms with van der Waals surface area (Å²) in [7, 11) is 0. The average molecular weight is 319 g/mol. The molecule has 0 spiro atoms. The Morgan fingerprint density at radius 2 is 1.88 bits per heavy atom. The fourth-order valence-electron chi connectivity index (χ4n) is 2.77. The lowest BCUT2D eigenvalue weighted by atomic mass is 10.1. The Kier molecular flexibility index (Phi) is 4.47. The molecular weight excluding hydrogens is 298 g/mol. The number of carbonyl (C=O) groups is 1. The second kappa shape index (κ2) is 6.71. The first-order chi connectivity index (χ1) is 11.6. The molecule has 24 heavy (non-hydrogen) atoms. The molecule has 0 radical (unpaired) electrons. The highest BCUT2D eigenvalue weighted by Gasteiger charge is 2.14. The van der Waals surface area contributed by atoms with Gasteiger partial charge in [-0.1, -0.05) is 24.3 Å². The third-order valence-electron chi connectivity index (χ3n) is 3.98. The van der Waals surface area contributed by atoms with Crippen LogP contribution in [-0.2, 0) is 0 Å². The predicted molar refractivity (Wildman–Crippen MR) is 97.5 cm³/mol. The summed E-state index contributed by atoms with van der Waals surface area (Å²) in [5.74, 6) is 0.0301. The van der Waals surface area contributed by atoms with E-state index in [0.29, 0.717) is 18.7 Å². The van der Waals surface area contributed by atoms with E-state index in [0.717, 1.165) is 22.3 Å². The van der Waals surface area contributed by atoms with Crippen molar-refractivity contribution in [2.45, 2.75) is 13.8 Å². The highest BCUT2D eigenvalue weighted by Crippen LogP contribution is 2.18. The van der Waals surface area contributed by atoms with Crippen LogP contribution in [0.4, 0.5) is 0 Å². The molecule has 0 saturated heterocycles. The van der Waals surface area contributed by atoms with Crippen LogP contribution < -0.4 is 0 Å². The Balaban J connectivity index is 1.88. The van der Waals surface area contributed by atoms with Crippen molar-refractivity contribution >= 4 is 16.9 Å². The molecule has 1 amide bonds. The number of likely N-dealkylation sites (N-methyl/N-ethyl adjacent to an activating group) is 1. The maximum Gasteiger partial charge on any atom is 0.254 e. The molecule has 0 aliphatic carbocycles. The Bertz CT molecular complexity index is 877. The molecule has 3 rings (SSSR count). The summed E-state index contributed by atoms with van der Waals surface area (Å²) >= 11 is 0. The van der Waals surface area contributed by atoms with Gasteiger partial charge >= 0.3 is 0 Å². The zero-order valence-corrected chi connectivity index (χ0v) is 14.1. The monoisotopic (exact) mass is 319 g/mol. The van der Waals surface area contributed by atoms with Gasteiger partial charge in [0.25, 0.3) is 5.91 Å². The number of amides is 1. The van der Waals surface area contributed by atoms with E-state index in [2.05, 4.69) is 11.6 Å². The van der Waals surface area contributed by atoms with Crippen LogP contribution in [0.2, 0.25) is 0 Å². The second-order valence-electron chi connectivity index (χ2n) is 5.93. The predicted octanol–water partition coefficient (Wildman–Crippen LogP) is 4.06. The molecule has 0 aliphatic heterocycles. The van der Waals surface area contributed by atoms with Crippen molar-refractivity contribution in [2.75, 3.05) is 13.1 Å². The van der Waals surface area contributed by atoms with Crippen LogP contribution in [0.15, 0.2) is 67.0 Å². The van der Waals surface area contributed by atoms with Crippen LogP contribution in [0.3, 0.4) is 0 Å². The number of imidazole rings is 1. The molecule has 0 aliphatic rings. The molecule has 0 N–H and O–H groups in total. The SMILES string of the molecule is C=C(C)CN(CC)C(=O)c1ccc(-n2cnc3ccccc32)cc1. The Morgan fingerprint density at radius 1 is 1.17 bits per heavy atom. The minimum Gasteiger partial charge on any atom is -0.335 e. The van der Waals surface area contributed by atoms with Crippen molar-refractivity contribution in [1.29, 1.82) is 0 Å². The Hall–Kier alpha value is -2.88. The number of fused-ring (bicyclic) bond motifs is 1. The molecule has 0 fully saturated rings. The summed E-state index contributed by atoms with van der Waals surface area (Å²) < 4.78 is 2.02. The van der Waals surface area contributed by atoms with Crippen LogP contribution in [0.5, 0.6) is 0 Å². The number of nitrogens with zero attached hydrogens (tertiary/aromatic N) is 3. The highest BCUT2D eigenvalue weighted by molar-refractivity contribution is 5.94. The van der Waals surface area contributed by atoms with Gasteiger partial charge in [0.2, 0.25) is 0 Å². The van der Waals surface area contributed by atoms with Gasteiger partial charge in [0.05, 0.1) is 11.0 Å². The largest absolute Gasteiger partial charge is 0.335 e. The van der Waals surface area contributed by atoms with Crippen LogP contribution >= 0.6 is 0 Å². The molecule has 4 nitrogen and oxygen atoms in total. The average Bonchev–Trinajstić information content (AvgIpc) is 3.03. The second-order valence-corrected chi connectivity index (χ2v) is 5.93. The van der Waals surface area contributed by atoms with Crippen molar-refractivity contribution in [3.63, 3.8) is 0 Å². The fraction of sp³-hybridized carbons (Fsp3) is 0.200. The summed E-state index contributed by atoms with van der Waals surface area (Å²) in [6, 6.07) is 15.6. The van der Waals surface area contributed by atoms with E-state index in [1.165, 1.54) is 0 Å². The van der Waals surface area contributed by atoms with Crippen molar-refractivity contribution in [3.05, 3.63) is 72.6 Å². The molecular formula is C20H21N3O. The van der Waals surface area contributed by atoms with Crippen molar-refractivity contribution in [3.8, 4) is 5.69 Å². The molecule has 122 valence electrons. The van der Waals surface area contributed by atoms with Crippen LogP contribution in [0, 0.1) is 0 Å². The molecule has 0 atom stereocenters. The van der Waals surface area contributed by atoms with Crippen molar-refractivity contribution in [2.24, 2.45) is 0 Å². The quantitative estimate of drug-likeness (QED) is 0.665. The molecule has 0 saturated carbocycles. The van der Waals surface area contributed by atoms with Gasteiger partial charge in [-0.2, -0.15) is 0 Å². The number of aromatic nitrogens is 2. The van der Waals surface area contributed by atoms with E-state index in [1.807, 2.05) is 66.9 Å². The first kappa shape index (κ1) is 16.0. The number of carbonyl (C=O) groups excluding carboxylic acids is 1. The molecule has 1 aromatic heterocycles. The van der Waals surface area contributed by atoms with Crippen molar-refractivity contribution < 1.29 is 4.79 Å². The van der Waals surface area contributed by atoms with Gasteiger partial charge in [-0.3, -0.25) is 9.36 Å². The van der Waals surface area contributed by atoms with Gasteiger partial charge in [0, 0.05) is 24.3 Å². The maximum absolute atomic E-state index is 12.6. The molecule has 0 bridgehead atoms. The van der Waals surface area contributed by atoms with Crippen LogP contribution in [0.1, 0.15) is 24.2 Å². The van der Waals surface area contributed by atoms with E-state index in [4.69, 9.17) is 0 Å². The zero-order valence-electron chi connectivity index (χ0n) is 14.1. The molecule has 2 aromatic carbocycles. The normalized spacial score (nSPS) is 10.8. The van der Waals surface area contributed by atoms with Gasteiger partial charge in [0.1, 0.15) is 6.33 Å². The summed E-state index contributed by atoms with van der Waals surface area (Å²) in [4.78, 5) is 18.8. The Morgan fingerprint density at radius 3 is 2.54 bits per heavy atom. The van der Waals surface area contributed by atoms with E-state index in [1.54, 1.807) is 11.2 Å². The lowest BCUT2D eigenvalue weighted by Gasteiger charge is -2.21. The van der Waals surface area contributed by atoms with E-state index < -0.39 is 0 Å². The van der Waals surface area contributed by atoms with Gasteiger partial charge in [0.15, 0.2) is 0 Å². The Labute approximate surface area is 142 Å².